The Hall–Kier alpha value is -4.40. The van der Waals surface area contributed by atoms with Crippen LogP contribution in [0.2, 0.25) is 0 Å². The van der Waals surface area contributed by atoms with Gasteiger partial charge in [0.05, 0.1) is 0 Å². The molecule has 0 saturated heterocycles. The number of hydrogen-bond acceptors (Lipinski definition) is 7. The summed E-state index contributed by atoms with van der Waals surface area (Å²) in [6.45, 7) is 0. The van der Waals surface area contributed by atoms with E-state index in [1.807, 2.05) is 0 Å². The molecule has 0 amide bonds. The van der Waals surface area contributed by atoms with Crippen molar-refractivity contribution in [1.29, 1.82) is 0 Å². The molecule has 3 aromatic heterocycles. The average molecular weight is 400 g/mol. The lowest BCUT2D eigenvalue weighted by atomic mass is 10.1. The van der Waals surface area contributed by atoms with E-state index in [-0.39, 0.29) is 23.2 Å². The highest BCUT2D eigenvalue weighted by molar-refractivity contribution is 5.76. The van der Waals surface area contributed by atoms with Gasteiger partial charge >= 0.3 is 0 Å². The lowest BCUT2D eigenvalue weighted by Gasteiger charge is -2.08. The number of hydrogen-bond donors (Lipinski definition) is 1. The van der Waals surface area contributed by atoms with Gasteiger partial charge in [0.25, 0.3) is 5.89 Å². The van der Waals surface area contributed by atoms with Gasteiger partial charge in [0.1, 0.15) is 22.9 Å². The molecule has 0 aliphatic rings. The van der Waals surface area contributed by atoms with Crippen molar-refractivity contribution in [2.75, 3.05) is 0 Å². The fraction of sp³-hybridized carbons (Fsp3) is 0. The maximum Gasteiger partial charge on any atom is 0.281 e. The molecule has 5 rings (SSSR count). The smallest absolute Gasteiger partial charge is 0.281 e. The van der Waals surface area contributed by atoms with Crippen LogP contribution in [0.1, 0.15) is 0 Å². The van der Waals surface area contributed by atoms with Crippen LogP contribution < -0.4 is 0 Å². The van der Waals surface area contributed by atoms with Gasteiger partial charge in [0.15, 0.2) is 5.69 Å². The van der Waals surface area contributed by atoms with Crippen LogP contribution >= 0.6 is 0 Å². The monoisotopic (exact) mass is 400 g/mol. The molecule has 0 saturated carbocycles. The van der Waals surface area contributed by atoms with Crippen molar-refractivity contribution in [2.24, 2.45) is 0 Å². The van der Waals surface area contributed by atoms with E-state index in [0.717, 1.165) is 0 Å². The van der Waals surface area contributed by atoms with E-state index in [1.54, 1.807) is 60.9 Å². The van der Waals surface area contributed by atoms with Gasteiger partial charge in [-0.05, 0) is 36.4 Å². The molecule has 0 bridgehead atoms. The number of aromatic nitrogens is 6. The summed E-state index contributed by atoms with van der Waals surface area (Å²) in [6, 6.07) is 16.3. The predicted molar refractivity (Wildman–Crippen MR) is 105 cm³/mol. The minimum atomic E-state index is -0.449. The predicted octanol–water partition coefficient (Wildman–Crippen LogP) is 3.89. The zero-order valence-corrected chi connectivity index (χ0v) is 15.3. The SMILES string of the molecule is Oc1cccc(-c2noc(-c3nnn(-c4ccccc4F)c3-c3ccncc3)n2)c1. The van der Waals surface area contributed by atoms with Gasteiger partial charge < -0.3 is 9.63 Å². The molecule has 0 radical (unpaired) electrons. The number of pyridine rings is 1. The van der Waals surface area contributed by atoms with Crippen molar-refractivity contribution in [3.05, 3.63) is 78.9 Å². The van der Waals surface area contributed by atoms with Crippen molar-refractivity contribution in [3.63, 3.8) is 0 Å². The van der Waals surface area contributed by atoms with Crippen LogP contribution in [-0.4, -0.2) is 35.2 Å². The topological polar surface area (TPSA) is 103 Å². The Labute approximate surface area is 169 Å². The molecular weight excluding hydrogens is 387 g/mol. The number of phenolic OH excluding ortho intramolecular Hbond substituents is 1. The van der Waals surface area contributed by atoms with Gasteiger partial charge in [0.2, 0.25) is 5.82 Å². The number of phenols is 1. The van der Waals surface area contributed by atoms with E-state index < -0.39 is 5.82 Å². The number of benzene rings is 2. The summed E-state index contributed by atoms with van der Waals surface area (Å²) in [4.78, 5) is 8.42. The third kappa shape index (κ3) is 3.08. The Morgan fingerprint density at radius 1 is 0.933 bits per heavy atom. The highest BCUT2D eigenvalue weighted by Crippen LogP contribution is 2.32. The van der Waals surface area contributed by atoms with Crippen LogP contribution in [0.15, 0.2) is 77.6 Å². The zero-order chi connectivity index (χ0) is 20.5. The summed E-state index contributed by atoms with van der Waals surface area (Å²) in [5.74, 6) is 0.0295. The van der Waals surface area contributed by atoms with E-state index in [9.17, 15) is 9.50 Å². The lowest BCUT2D eigenvalue weighted by Crippen LogP contribution is -2.02. The van der Waals surface area contributed by atoms with E-state index >= 15 is 0 Å². The molecule has 0 aliphatic heterocycles. The molecule has 3 heterocycles. The molecule has 2 aromatic carbocycles. The molecule has 5 aromatic rings. The summed E-state index contributed by atoms with van der Waals surface area (Å²) < 4.78 is 21.3. The Morgan fingerprint density at radius 3 is 2.57 bits per heavy atom. The van der Waals surface area contributed by atoms with Crippen LogP contribution in [0.25, 0.3) is 39.9 Å². The first-order valence-corrected chi connectivity index (χ1v) is 8.95. The second kappa shape index (κ2) is 7.21. The maximum absolute atomic E-state index is 14.5. The second-order valence-corrected chi connectivity index (χ2v) is 6.36. The molecular formula is C21H13FN6O2. The summed E-state index contributed by atoms with van der Waals surface area (Å²) in [5, 5.41) is 22.0. The fourth-order valence-electron chi connectivity index (χ4n) is 3.07. The molecule has 0 spiro atoms. The second-order valence-electron chi connectivity index (χ2n) is 6.36. The van der Waals surface area contributed by atoms with Crippen molar-refractivity contribution >= 4 is 0 Å². The summed E-state index contributed by atoms with van der Waals surface area (Å²) in [7, 11) is 0. The Kier molecular flexibility index (Phi) is 4.25. The molecule has 0 atom stereocenters. The fourth-order valence-corrected chi connectivity index (χ4v) is 3.07. The largest absolute Gasteiger partial charge is 0.508 e. The Morgan fingerprint density at radius 2 is 1.77 bits per heavy atom. The average Bonchev–Trinajstić information content (AvgIpc) is 3.42. The van der Waals surface area contributed by atoms with Crippen molar-refractivity contribution in [1.82, 2.24) is 30.1 Å². The Bertz CT molecular complexity index is 1330. The van der Waals surface area contributed by atoms with Crippen LogP contribution in [0.3, 0.4) is 0 Å². The van der Waals surface area contributed by atoms with Gasteiger partial charge in [-0.1, -0.05) is 34.6 Å². The molecule has 0 fully saturated rings. The number of aromatic hydroxyl groups is 1. The molecule has 146 valence electrons. The van der Waals surface area contributed by atoms with E-state index in [0.29, 0.717) is 22.5 Å². The minimum absolute atomic E-state index is 0.0850. The molecule has 1 N–H and O–H groups in total. The normalized spacial score (nSPS) is 11.0. The lowest BCUT2D eigenvalue weighted by molar-refractivity contribution is 0.431. The highest BCUT2D eigenvalue weighted by Gasteiger charge is 2.24. The van der Waals surface area contributed by atoms with Crippen LogP contribution in [0.4, 0.5) is 4.39 Å². The van der Waals surface area contributed by atoms with E-state index in [1.165, 1.54) is 16.8 Å². The molecule has 30 heavy (non-hydrogen) atoms. The third-order valence-electron chi connectivity index (χ3n) is 4.44. The molecule has 8 nitrogen and oxygen atoms in total. The number of halogens is 1. The van der Waals surface area contributed by atoms with Gasteiger partial charge in [-0.2, -0.15) is 4.98 Å². The third-order valence-corrected chi connectivity index (χ3v) is 4.44. The molecule has 0 unspecified atom stereocenters. The standard InChI is InChI=1S/C21H13FN6O2/c22-16-6-1-2-7-17(16)28-19(13-8-10-23-11-9-13)18(25-27-28)21-24-20(26-30-21)14-4-3-5-15(29)12-14/h1-12,29H. The van der Waals surface area contributed by atoms with Crippen LogP contribution in [0, 0.1) is 5.82 Å². The van der Waals surface area contributed by atoms with E-state index in [4.69, 9.17) is 4.52 Å². The summed E-state index contributed by atoms with van der Waals surface area (Å²) in [6.07, 6.45) is 3.23. The van der Waals surface area contributed by atoms with Gasteiger partial charge in [-0.25, -0.2) is 9.07 Å². The first-order valence-electron chi connectivity index (χ1n) is 8.95. The minimum Gasteiger partial charge on any atom is -0.508 e. The van der Waals surface area contributed by atoms with E-state index in [2.05, 4.69) is 25.4 Å². The van der Waals surface area contributed by atoms with Crippen molar-refractivity contribution in [2.45, 2.75) is 0 Å². The molecule has 0 aliphatic carbocycles. The first-order chi connectivity index (χ1) is 14.7. The van der Waals surface area contributed by atoms with Gasteiger partial charge in [-0.3, -0.25) is 4.98 Å². The van der Waals surface area contributed by atoms with Gasteiger partial charge in [0, 0.05) is 23.5 Å². The first kappa shape index (κ1) is 17.7. The number of nitrogens with zero attached hydrogens (tertiary/aromatic N) is 6. The van der Waals surface area contributed by atoms with Crippen molar-refractivity contribution in [3.8, 4) is 45.7 Å². The number of para-hydroxylation sites is 1. The van der Waals surface area contributed by atoms with Crippen LogP contribution in [0.5, 0.6) is 5.75 Å². The maximum atomic E-state index is 14.5. The summed E-state index contributed by atoms with van der Waals surface area (Å²) >= 11 is 0. The van der Waals surface area contributed by atoms with Crippen LogP contribution in [-0.2, 0) is 0 Å². The molecule has 9 heteroatoms. The number of rotatable bonds is 4. The highest BCUT2D eigenvalue weighted by atomic mass is 19.1. The quantitative estimate of drug-likeness (QED) is 0.488. The summed E-state index contributed by atoms with van der Waals surface area (Å²) in [5.41, 5.74) is 2.29. The Balaban J connectivity index is 1.68. The van der Waals surface area contributed by atoms with Gasteiger partial charge in [-0.15, -0.1) is 5.10 Å². The van der Waals surface area contributed by atoms with Crippen molar-refractivity contribution < 1.29 is 14.0 Å². The zero-order valence-electron chi connectivity index (χ0n) is 15.3.